The second-order valence-corrected chi connectivity index (χ2v) is 5.06. The number of carbonyl (C=O) groups excluding carboxylic acids is 2. The van der Waals surface area contributed by atoms with Gasteiger partial charge < -0.3 is 5.11 Å². The predicted molar refractivity (Wildman–Crippen MR) is 66.1 cm³/mol. The Morgan fingerprint density at radius 1 is 1.21 bits per heavy atom. The van der Waals surface area contributed by atoms with Gasteiger partial charge in [-0.2, -0.15) is 0 Å². The van der Waals surface area contributed by atoms with Gasteiger partial charge in [0.2, 0.25) is 0 Å². The van der Waals surface area contributed by atoms with Crippen molar-refractivity contribution in [3.05, 3.63) is 34.9 Å². The molecule has 1 aromatic rings. The zero-order valence-electron chi connectivity index (χ0n) is 10.3. The molecule has 1 heterocycles. The highest BCUT2D eigenvalue weighted by atomic mass is 16.4. The number of rotatable bonds is 4. The third-order valence-corrected chi connectivity index (χ3v) is 3.68. The number of carboxylic acid groups (broad SMARTS) is 1. The van der Waals surface area contributed by atoms with Crippen LogP contribution in [0, 0.1) is 5.92 Å². The molecule has 0 saturated heterocycles. The highest BCUT2D eigenvalue weighted by Crippen LogP contribution is 2.33. The Balaban J connectivity index is 1.87. The lowest BCUT2D eigenvalue weighted by molar-refractivity contribution is 0.0648. The molecule has 0 atom stereocenters. The largest absolute Gasteiger partial charge is 0.478 e. The molecule has 0 spiro atoms. The van der Waals surface area contributed by atoms with E-state index in [1.165, 1.54) is 35.9 Å². The Morgan fingerprint density at radius 3 is 2.53 bits per heavy atom. The summed E-state index contributed by atoms with van der Waals surface area (Å²) in [7, 11) is 0. The maximum absolute atomic E-state index is 12.1. The van der Waals surface area contributed by atoms with Crippen LogP contribution in [0.25, 0.3) is 0 Å². The first-order valence-electron chi connectivity index (χ1n) is 6.31. The molecule has 5 heteroatoms. The minimum atomic E-state index is -1.10. The zero-order chi connectivity index (χ0) is 13.6. The summed E-state index contributed by atoms with van der Waals surface area (Å²) in [6.45, 7) is 0.430. The van der Waals surface area contributed by atoms with E-state index < -0.39 is 5.97 Å². The Bertz CT molecular complexity index is 589. The molecule has 1 N–H and O–H groups in total. The van der Waals surface area contributed by atoms with Crippen LogP contribution >= 0.6 is 0 Å². The summed E-state index contributed by atoms with van der Waals surface area (Å²) in [5.41, 5.74) is 0.551. The molecule has 0 aromatic heterocycles. The Hall–Kier alpha value is -2.17. The van der Waals surface area contributed by atoms with Crippen molar-refractivity contribution in [2.75, 3.05) is 6.54 Å². The van der Waals surface area contributed by atoms with E-state index in [0.29, 0.717) is 18.0 Å². The highest BCUT2D eigenvalue weighted by Gasteiger charge is 2.36. The SMILES string of the molecule is O=C(O)c1ccc2c(c1)C(=O)N(CCC1CC1)C2=O. The van der Waals surface area contributed by atoms with Crippen LogP contribution in [0.1, 0.15) is 50.3 Å². The van der Waals surface area contributed by atoms with E-state index in [0.717, 1.165) is 6.42 Å². The fourth-order valence-electron chi connectivity index (χ4n) is 2.35. The molecule has 2 amide bonds. The van der Waals surface area contributed by atoms with Gasteiger partial charge in [0, 0.05) is 6.54 Å². The maximum atomic E-state index is 12.1. The summed E-state index contributed by atoms with van der Waals surface area (Å²) >= 11 is 0. The second kappa shape index (κ2) is 4.19. The Labute approximate surface area is 109 Å². The van der Waals surface area contributed by atoms with Crippen molar-refractivity contribution in [3.8, 4) is 0 Å². The van der Waals surface area contributed by atoms with Crippen LogP contribution < -0.4 is 0 Å². The first kappa shape index (κ1) is 11.9. The van der Waals surface area contributed by atoms with Crippen LogP contribution in [0.3, 0.4) is 0 Å². The number of aromatic carboxylic acids is 1. The molecule has 1 aliphatic heterocycles. The van der Waals surface area contributed by atoms with Crippen molar-refractivity contribution in [1.29, 1.82) is 0 Å². The Kier molecular flexibility index (Phi) is 2.62. The monoisotopic (exact) mass is 259 g/mol. The zero-order valence-corrected chi connectivity index (χ0v) is 10.3. The van der Waals surface area contributed by atoms with E-state index in [1.54, 1.807) is 0 Å². The van der Waals surface area contributed by atoms with Gasteiger partial charge in [-0.1, -0.05) is 12.8 Å². The lowest BCUT2D eigenvalue weighted by Crippen LogP contribution is -2.30. The molecule has 98 valence electrons. The minimum Gasteiger partial charge on any atom is -0.478 e. The normalized spacial score (nSPS) is 17.8. The second-order valence-electron chi connectivity index (χ2n) is 5.06. The van der Waals surface area contributed by atoms with Gasteiger partial charge in [0.1, 0.15) is 0 Å². The fraction of sp³-hybridized carbons (Fsp3) is 0.357. The molecule has 1 aliphatic carbocycles. The lowest BCUT2D eigenvalue weighted by atomic mass is 10.1. The molecular weight excluding hydrogens is 246 g/mol. The fourth-order valence-corrected chi connectivity index (χ4v) is 2.35. The van der Waals surface area contributed by atoms with Gasteiger partial charge in [-0.15, -0.1) is 0 Å². The number of hydrogen-bond acceptors (Lipinski definition) is 3. The molecule has 0 radical (unpaired) electrons. The van der Waals surface area contributed by atoms with Crippen molar-refractivity contribution < 1.29 is 19.5 Å². The number of imide groups is 1. The molecule has 5 nitrogen and oxygen atoms in total. The average Bonchev–Trinajstić information content (AvgIpc) is 3.18. The standard InChI is InChI=1S/C14H13NO4/c16-12-10-4-3-9(14(18)19)7-11(10)13(17)15(12)6-5-8-1-2-8/h3-4,7-8H,1-2,5-6H2,(H,18,19). The van der Waals surface area contributed by atoms with Gasteiger partial charge in [0.15, 0.2) is 0 Å². The summed E-state index contributed by atoms with van der Waals surface area (Å²) in [4.78, 5) is 36.3. The summed E-state index contributed by atoms with van der Waals surface area (Å²) < 4.78 is 0. The lowest BCUT2D eigenvalue weighted by Gasteiger charge is -2.12. The quantitative estimate of drug-likeness (QED) is 0.836. The van der Waals surface area contributed by atoms with Gasteiger partial charge in [0.25, 0.3) is 11.8 Å². The van der Waals surface area contributed by atoms with Crippen molar-refractivity contribution in [3.63, 3.8) is 0 Å². The number of amides is 2. The van der Waals surface area contributed by atoms with Crippen molar-refractivity contribution >= 4 is 17.8 Å². The van der Waals surface area contributed by atoms with Crippen LogP contribution in [-0.2, 0) is 0 Å². The van der Waals surface area contributed by atoms with E-state index in [-0.39, 0.29) is 22.9 Å². The number of carboxylic acids is 1. The molecule has 3 rings (SSSR count). The topological polar surface area (TPSA) is 74.7 Å². The summed E-state index contributed by atoms with van der Waals surface area (Å²) in [6.07, 6.45) is 3.19. The summed E-state index contributed by atoms with van der Waals surface area (Å²) in [5.74, 6) is -1.14. The van der Waals surface area contributed by atoms with Crippen LogP contribution in [0.15, 0.2) is 18.2 Å². The Morgan fingerprint density at radius 2 is 1.89 bits per heavy atom. The average molecular weight is 259 g/mol. The maximum Gasteiger partial charge on any atom is 0.335 e. The summed E-state index contributed by atoms with van der Waals surface area (Å²) in [6, 6.07) is 4.07. The molecule has 1 fully saturated rings. The van der Waals surface area contributed by atoms with E-state index in [4.69, 9.17) is 5.11 Å². The minimum absolute atomic E-state index is 0.0314. The molecule has 1 saturated carbocycles. The van der Waals surface area contributed by atoms with Crippen molar-refractivity contribution in [2.45, 2.75) is 19.3 Å². The molecule has 1 aromatic carbocycles. The number of hydrogen-bond donors (Lipinski definition) is 1. The molecular formula is C14H13NO4. The predicted octanol–water partition coefficient (Wildman–Crippen LogP) is 1.78. The third kappa shape index (κ3) is 2.01. The van der Waals surface area contributed by atoms with Crippen LogP contribution in [0.4, 0.5) is 0 Å². The van der Waals surface area contributed by atoms with E-state index >= 15 is 0 Å². The van der Waals surface area contributed by atoms with Crippen LogP contribution in [0.5, 0.6) is 0 Å². The van der Waals surface area contributed by atoms with Crippen LogP contribution in [0.2, 0.25) is 0 Å². The number of benzene rings is 1. The number of carbonyl (C=O) groups is 3. The van der Waals surface area contributed by atoms with E-state index in [9.17, 15) is 14.4 Å². The summed E-state index contributed by atoms with van der Waals surface area (Å²) in [5, 5.41) is 8.91. The van der Waals surface area contributed by atoms with E-state index in [1.807, 2.05) is 0 Å². The van der Waals surface area contributed by atoms with Gasteiger partial charge >= 0.3 is 5.97 Å². The highest BCUT2D eigenvalue weighted by molar-refractivity contribution is 6.21. The molecule has 2 aliphatic rings. The third-order valence-electron chi connectivity index (χ3n) is 3.68. The first-order chi connectivity index (χ1) is 9.08. The smallest absolute Gasteiger partial charge is 0.335 e. The van der Waals surface area contributed by atoms with Gasteiger partial charge in [-0.3, -0.25) is 14.5 Å². The van der Waals surface area contributed by atoms with Gasteiger partial charge in [-0.25, -0.2) is 4.79 Å². The first-order valence-corrected chi connectivity index (χ1v) is 6.31. The number of nitrogens with zero attached hydrogens (tertiary/aromatic N) is 1. The van der Waals surface area contributed by atoms with Crippen molar-refractivity contribution in [1.82, 2.24) is 4.90 Å². The molecule has 19 heavy (non-hydrogen) atoms. The van der Waals surface area contributed by atoms with Crippen LogP contribution in [-0.4, -0.2) is 34.3 Å². The number of fused-ring (bicyclic) bond motifs is 1. The van der Waals surface area contributed by atoms with E-state index in [2.05, 4.69) is 0 Å². The molecule has 0 bridgehead atoms. The van der Waals surface area contributed by atoms with Gasteiger partial charge in [0.05, 0.1) is 16.7 Å². The van der Waals surface area contributed by atoms with Crippen molar-refractivity contribution in [2.24, 2.45) is 5.92 Å². The molecule has 0 unspecified atom stereocenters. The van der Waals surface area contributed by atoms with Gasteiger partial charge in [-0.05, 0) is 30.5 Å².